The standard InChI is InChI=1S/2C3H6O3.O.Zr/c2*1-2(4)3(5)6;;/h2*2,4H,1H3,(H,5,6);;/q;;;+2/p-2. The van der Waals surface area contributed by atoms with E-state index in [1.807, 2.05) is 0 Å². The van der Waals surface area contributed by atoms with Crippen molar-refractivity contribution in [2.24, 2.45) is 0 Å². The van der Waals surface area contributed by atoms with Crippen molar-refractivity contribution in [2.45, 2.75) is 26.1 Å². The zero-order chi connectivity index (χ0) is 12.3. The molecule has 2 unspecified atom stereocenters. The molecule has 0 amide bonds. The van der Waals surface area contributed by atoms with E-state index in [-0.39, 0.29) is 0 Å². The molecule has 0 aliphatic heterocycles. The number of hydrogen-bond acceptors (Lipinski definition) is 7. The van der Waals surface area contributed by atoms with Crippen LogP contribution in [0.15, 0.2) is 0 Å². The summed E-state index contributed by atoms with van der Waals surface area (Å²) in [6.45, 7) is 2.27. The molecule has 0 saturated heterocycles. The number of rotatable bonds is 2. The van der Waals surface area contributed by atoms with Gasteiger partial charge in [0.25, 0.3) is 0 Å². The van der Waals surface area contributed by atoms with Crippen molar-refractivity contribution in [1.82, 2.24) is 0 Å². The molecule has 0 fully saturated rings. The van der Waals surface area contributed by atoms with Gasteiger partial charge in [0.2, 0.25) is 0 Å². The van der Waals surface area contributed by atoms with E-state index >= 15 is 0 Å². The summed E-state index contributed by atoms with van der Waals surface area (Å²) in [6.07, 6.45) is -2.69. The minimum absolute atomic E-state index is 0.300. The van der Waals surface area contributed by atoms with Gasteiger partial charge in [-0.1, -0.05) is 0 Å². The van der Waals surface area contributed by atoms with Crippen LogP contribution >= 0.6 is 0 Å². The van der Waals surface area contributed by atoms with Crippen molar-refractivity contribution in [1.29, 1.82) is 0 Å². The molecule has 14 heavy (non-hydrogen) atoms. The monoisotopic (exact) mass is 284 g/mol. The van der Waals surface area contributed by atoms with Crippen LogP contribution in [0.1, 0.15) is 13.8 Å². The van der Waals surface area contributed by atoms with Gasteiger partial charge in [-0.3, -0.25) is 0 Å². The molecule has 0 rings (SSSR count). The molecule has 2 atom stereocenters. The topological polar surface area (TPSA) is 138 Å². The van der Waals surface area contributed by atoms with Crippen molar-refractivity contribution in [3.8, 4) is 0 Å². The Morgan fingerprint density at radius 3 is 1.07 bits per heavy atom. The van der Waals surface area contributed by atoms with Gasteiger partial charge in [-0.2, -0.15) is 0 Å². The van der Waals surface area contributed by atoms with Crippen LogP contribution in [-0.2, 0) is 37.1 Å². The second-order valence-corrected chi connectivity index (χ2v) is 1.99. The predicted molar refractivity (Wildman–Crippen MR) is 34.1 cm³/mol. The Kier molecular flexibility index (Phi) is 17.2. The summed E-state index contributed by atoms with van der Waals surface area (Å²) in [7, 11) is 0. The van der Waals surface area contributed by atoms with Gasteiger partial charge >= 0.3 is 27.5 Å². The zero-order valence-electron chi connectivity index (χ0n) is 7.59. The third-order valence-corrected chi connectivity index (χ3v) is 0.682. The molecule has 0 aliphatic rings. The average molecular weight is 285 g/mol. The van der Waals surface area contributed by atoms with Gasteiger partial charge in [0.15, 0.2) is 0 Å². The molecule has 8 heteroatoms. The van der Waals surface area contributed by atoms with Crippen molar-refractivity contribution < 1.29 is 57.6 Å². The second kappa shape index (κ2) is 12.5. The number of hydrogen-bond donors (Lipinski definition) is 2. The van der Waals surface area contributed by atoms with Gasteiger partial charge < -0.3 is 30.0 Å². The molecule has 0 spiro atoms. The van der Waals surface area contributed by atoms with E-state index in [1.54, 1.807) is 0 Å². The summed E-state index contributed by atoms with van der Waals surface area (Å²) >= 11 is 0.300. The van der Waals surface area contributed by atoms with Gasteiger partial charge in [-0.15, -0.1) is 0 Å². The Morgan fingerprint density at radius 1 is 1.00 bits per heavy atom. The second-order valence-electron chi connectivity index (χ2n) is 1.99. The fourth-order valence-electron chi connectivity index (χ4n) is 0. The number of carboxylic acid groups (broad SMARTS) is 2. The molecule has 0 bridgehead atoms. The average Bonchev–Trinajstić information content (AvgIpc) is 2.08. The Labute approximate surface area is 95.7 Å². The van der Waals surface area contributed by atoms with Gasteiger partial charge in [-0.25, -0.2) is 0 Å². The van der Waals surface area contributed by atoms with Crippen LogP contribution in [0.4, 0.5) is 0 Å². The molecule has 80 valence electrons. The van der Waals surface area contributed by atoms with E-state index < -0.39 is 24.1 Å². The Hall–Kier alpha value is -0.457. The first-order chi connectivity index (χ1) is 6.29. The van der Waals surface area contributed by atoms with Gasteiger partial charge in [-0.05, 0) is 13.8 Å². The molecular weight excluding hydrogens is 275 g/mol. The molecule has 0 aliphatic carbocycles. The van der Waals surface area contributed by atoms with Crippen molar-refractivity contribution >= 4 is 11.9 Å². The van der Waals surface area contributed by atoms with E-state index in [0.717, 1.165) is 13.8 Å². The Morgan fingerprint density at radius 2 is 1.07 bits per heavy atom. The SMILES string of the molecule is CC(O)C(=O)[O-].CC(O)C(=O)[O-].[O]=[Zr+2]. The van der Waals surface area contributed by atoms with E-state index in [0.29, 0.717) is 24.7 Å². The normalized spacial score (nSPS) is 12.1. The van der Waals surface area contributed by atoms with Gasteiger partial charge in [0, 0.05) is 0 Å². The molecule has 0 saturated carbocycles. The Bertz CT molecular complexity index is 150. The number of carbonyl (C=O) groups excluding carboxylic acids is 2. The fraction of sp³-hybridized carbons (Fsp3) is 0.667. The minimum atomic E-state index is -1.44. The van der Waals surface area contributed by atoms with Crippen LogP contribution in [-0.4, -0.2) is 34.4 Å². The molecular formula is C6H10O7Zr. The van der Waals surface area contributed by atoms with Crippen molar-refractivity contribution in [3.05, 3.63) is 0 Å². The molecule has 0 aromatic carbocycles. The van der Waals surface area contributed by atoms with Crippen LogP contribution in [0.5, 0.6) is 0 Å². The van der Waals surface area contributed by atoms with Crippen LogP contribution in [0.2, 0.25) is 0 Å². The summed E-state index contributed by atoms with van der Waals surface area (Å²) in [5.41, 5.74) is 0. The Balaban J connectivity index is -0.000000147. The van der Waals surface area contributed by atoms with E-state index in [2.05, 4.69) is 0 Å². The molecule has 0 aromatic rings. The van der Waals surface area contributed by atoms with Crippen LogP contribution in [0.3, 0.4) is 0 Å². The van der Waals surface area contributed by atoms with Crippen molar-refractivity contribution in [3.63, 3.8) is 0 Å². The molecule has 0 radical (unpaired) electrons. The van der Waals surface area contributed by atoms with Gasteiger partial charge in [0.05, 0.1) is 24.1 Å². The van der Waals surface area contributed by atoms with E-state index in [1.165, 1.54) is 0 Å². The summed E-state index contributed by atoms with van der Waals surface area (Å²) in [6, 6.07) is 0. The number of aliphatic hydroxyl groups is 2. The summed E-state index contributed by atoms with van der Waals surface area (Å²) < 4.78 is 8.34. The quantitative estimate of drug-likeness (QED) is 0.529. The van der Waals surface area contributed by atoms with Crippen molar-refractivity contribution in [2.75, 3.05) is 0 Å². The van der Waals surface area contributed by atoms with E-state index in [4.69, 9.17) is 13.0 Å². The zero-order valence-corrected chi connectivity index (χ0v) is 10.0. The maximum atomic E-state index is 9.34. The first-order valence-corrected chi connectivity index (χ1v) is 4.27. The molecule has 0 aromatic heterocycles. The summed E-state index contributed by atoms with van der Waals surface area (Å²) in [5, 5.41) is 34.6. The number of aliphatic hydroxyl groups excluding tert-OH is 2. The molecule has 7 nitrogen and oxygen atoms in total. The van der Waals surface area contributed by atoms with E-state index in [9.17, 15) is 19.8 Å². The molecule has 2 N–H and O–H groups in total. The predicted octanol–water partition coefficient (Wildman–Crippen LogP) is -3.89. The van der Waals surface area contributed by atoms with Crippen LogP contribution in [0, 0.1) is 0 Å². The third kappa shape index (κ3) is 22.6. The fourth-order valence-corrected chi connectivity index (χ4v) is 0. The number of carboxylic acids is 2. The maximum absolute atomic E-state index is 9.34. The number of aliphatic carboxylic acids is 2. The summed E-state index contributed by atoms with van der Waals surface area (Å²) in [5.74, 6) is -2.87. The van der Waals surface area contributed by atoms with Crippen LogP contribution in [0.25, 0.3) is 0 Å². The third-order valence-electron chi connectivity index (χ3n) is 0.682. The first-order valence-electron chi connectivity index (χ1n) is 3.27. The molecule has 0 heterocycles. The van der Waals surface area contributed by atoms with Crippen LogP contribution < -0.4 is 10.2 Å². The van der Waals surface area contributed by atoms with Gasteiger partial charge in [0.1, 0.15) is 0 Å². The first kappa shape index (κ1) is 19.2. The summed E-state index contributed by atoms with van der Waals surface area (Å²) in [4.78, 5) is 18.7. The number of carbonyl (C=O) groups is 2.